The molecule has 0 saturated carbocycles. The van der Waals surface area contributed by atoms with Crippen molar-refractivity contribution in [1.82, 2.24) is 0 Å². The first-order valence-corrected chi connectivity index (χ1v) is 7.86. The Bertz CT molecular complexity index is 673. The van der Waals surface area contributed by atoms with Crippen LogP contribution >= 0.6 is 11.6 Å². The molecular weight excluding hydrogens is 314 g/mol. The summed E-state index contributed by atoms with van der Waals surface area (Å²) in [6, 6.07) is 12.5. The lowest BCUT2D eigenvalue weighted by atomic mass is 10.1. The van der Waals surface area contributed by atoms with Crippen LogP contribution in [0.25, 0.3) is 0 Å². The highest BCUT2D eigenvalue weighted by Gasteiger charge is 2.13. The largest absolute Gasteiger partial charge is 0.490 e. The van der Waals surface area contributed by atoms with Gasteiger partial charge in [0.1, 0.15) is 12.4 Å². The molecule has 0 aliphatic heterocycles. The van der Waals surface area contributed by atoms with Gasteiger partial charge in [-0.15, -0.1) is 0 Å². The molecule has 0 bridgehead atoms. The summed E-state index contributed by atoms with van der Waals surface area (Å²) < 4.78 is 10.9. The van der Waals surface area contributed by atoms with Crippen molar-refractivity contribution < 1.29 is 14.3 Å². The van der Waals surface area contributed by atoms with Crippen molar-refractivity contribution in [1.29, 1.82) is 0 Å². The van der Waals surface area contributed by atoms with Crippen LogP contribution in [0.3, 0.4) is 0 Å². The predicted molar refractivity (Wildman–Crippen MR) is 92.6 cm³/mol. The smallest absolute Gasteiger partial charge is 0.259 e. The Balaban J connectivity index is 2.11. The van der Waals surface area contributed by atoms with Crippen molar-refractivity contribution in [2.24, 2.45) is 0 Å². The molecule has 0 aliphatic rings. The molecule has 2 aromatic rings. The van der Waals surface area contributed by atoms with Crippen molar-refractivity contribution in [2.45, 2.75) is 13.8 Å². The number of rotatable bonds is 7. The normalized spacial score (nSPS) is 10.4. The van der Waals surface area contributed by atoms with Gasteiger partial charge in [0.2, 0.25) is 0 Å². The highest BCUT2D eigenvalue weighted by molar-refractivity contribution is 6.31. The Morgan fingerprint density at radius 3 is 2.74 bits per heavy atom. The molecule has 0 spiro atoms. The molecule has 0 saturated heterocycles. The van der Waals surface area contributed by atoms with E-state index in [1.807, 2.05) is 26.0 Å². The van der Waals surface area contributed by atoms with Crippen LogP contribution in [0.15, 0.2) is 42.5 Å². The Morgan fingerprint density at radius 1 is 1.17 bits per heavy atom. The van der Waals surface area contributed by atoms with Crippen molar-refractivity contribution >= 4 is 23.2 Å². The molecule has 2 rings (SSSR count). The van der Waals surface area contributed by atoms with E-state index in [1.54, 1.807) is 30.3 Å². The van der Waals surface area contributed by atoms with Crippen LogP contribution in [0.2, 0.25) is 5.02 Å². The van der Waals surface area contributed by atoms with E-state index in [-0.39, 0.29) is 5.91 Å². The maximum Gasteiger partial charge on any atom is 0.259 e. The van der Waals surface area contributed by atoms with Crippen LogP contribution < -0.4 is 10.1 Å². The van der Waals surface area contributed by atoms with Crippen LogP contribution in [-0.4, -0.2) is 25.7 Å². The molecule has 0 radical (unpaired) electrons. The molecular formula is C18H20ClNO3. The van der Waals surface area contributed by atoms with Crippen LogP contribution in [0.4, 0.5) is 5.69 Å². The van der Waals surface area contributed by atoms with Crippen LogP contribution in [0, 0.1) is 6.92 Å². The molecule has 0 fully saturated rings. The number of hydrogen-bond donors (Lipinski definition) is 1. The summed E-state index contributed by atoms with van der Waals surface area (Å²) in [5.41, 5.74) is 2.10. The van der Waals surface area contributed by atoms with Crippen LogP contribution in [0.5, 0.6) is 5.75 Å². The second kappa shape index (κ2) is 8.56. The van der Waals surface area contributed by atoms with Gasteiger partial charge in [0.05, 0.1) is 12.2 Å². The third-order valence-corrected chi connectivity index (χ3v) is 3.50. The number of hydrogen-bond acceptors (Lipinski definition) is 3. The molecule has 0 heterocycles. The van der Waals surface area contributed by atoms with Gasteiger partial charge >= 0.3 is 0 Å². The average molecular weight is 334 g/mol. The number of amides is 1. The quantitative estimate of drug-likeness (QED) is 0.768. The SMILES string of the molecule is CCOCCOc1ccccc1C(=O)Nc1cc(Cl)ccc1C. The van der Waals surface area contributed by atoms with E-state index in [4.69, 9.17) is 21.1 Å². The Kier molecular flexibility index (Phi) is 6.44. The zero-order valence-electron chi connectivity index (χ0n) is 13.3. The minimum Gasteiger partial charge on any atom is -0.490 e. The monoisotopic (exact) mass is 333 g/mol. The number of ether oxygens (including phenoxy) is 2. The second-order valence-corrected chi connectivity index (χ2v) is 5.39. The summed E-state index contributed by atoms with van der Waals surface area (Å²) in [5.74, 6) is 0.298. The number of halogens is 1. The maximum absolute atomic E-state index is 12.5. The third-order valence-electron chi connectivity index (χ3n) is 3.27. The van der Waals surface area contributed by atoms with Gasteiger partial charge in [0.25, 0.3) is 5.91 Å². The summed E-state index contributed by atoms with van der Waals surface area (Å²) >= 11 is 5.99. The van der Waals surface area contributed by atoms with Gasteiger partial charge in [-0.3, -0.25) is 4.79 Å². The number of carbonyl (C=O) groups is 1. The summed E-state index contributed by atoms with van der Waals surface area (Å²) in [6.45, 7) is 5.36. The minimum absolute atomic E-state index is 0.234. The van der Waals surface area contributed by atoms with E-state index in [2.05, 4.69) is 5.32 Å². The molecule has 2 aromatic carbocycles. The summed E-state index contributed by atoms with van der Waals surface area (Å²) in [4.78, 5) is 12.5. The van der Waals surface area contributed by atoms with Gasteiger partial charge in [-0.05, 0) is 43.7 Å². The molecule has 1 amide bonds. The van der Waals surface area contributed by atoms with E-state index in [0.29, 0.717) is 41.8 Å². The van der Waals surface area contributed by atoms with Gasteiger partial charge in [-0.1, -0.05) is 29.8 Å². The summed E-state index contributed by atoms with van der Waals surface area (Å²) in [5, 5.41) is 3.45. The van der Waals surface area contributed by atoms with Gasteiger partial charge in [-0.2, -0.15) is 0 Å². The lowest BCUT2D eigenvalue weighted by Crippen LogP contribution is -2.15. The first-order valence-electron chi connectivity index (χ1n) is 7.49. The number of aryl methyl sites for hydroxylation is 1. The number of nitrogens with one attached hydrogen (secondary N) is 1. The van der Waals surface area contributed by atoms with Crippen LogP contribution in [-0.2, 0) is 4.74 Å². The number of anilines is 1. The van der Waals surface area contributed by atoms with Crippen molar-refractivity contribution in [3.8, 4) is 5.75 Å². The second-order valence-electron chi connectivity index (χ2n) is 4.95. The predicted octanol–water partition coefficient (Wildman–Crippen LogP) is 4.32. The lowest BCUT2D eigenvalue weighted by molar-refractivity contribution is 0.0998. The minimum atomic E-state index is -0.234. The summed E-state index contributed by atoms with van der Waals surface area (Å²) in [7, 11) is 0. The fourth-order valence-corrected chi connectivity index (χ4v) is 2.23. The van der Waals surface area contributed by atoms with Crippen molar-refractivity contribution in [3.05, 3.63) is 58.6 Å². The molecule has 4 nitrogen and oxygen atoms in total. The zero-order valence-corrected chi connectivity index (χ0v) is 14.0. The average Bonchev–Trinajstić information content (AvgIpc) is 2.55. The number of carbonyl (C=O) groups excluding carboxylic acids is 1. The molecule has 1 N–H and O–H groups in total. The van der Waals surface area contributed by atoms with E-state index in [9.17, 15) is 4.79 Å². The fourth-order valence-electron chi connectivity index (χ4n) is 2.05. The lowest BCUT2D eigenvalue weighted by Gasteiger charge is -2.13. The first kappa shape index (κ1) is 17.3. The van der Waals surface area contributed by atoms with Gasteiger partial charge in [-0.25, -0.2) is 0 Å². The van der Waals surface area contributed by atoms with Gasteiger partial charge < -0.3 is 14.8 Å². The molecule has 0 unspecified atom stereocenters. The van der Waals surface area contributed by atoms with Gasteiger partial charge in [0.15, 0.2) is 0 Å². The standard InChI is InChI=1S/C18H20ClNO3/c1-3-22-10-11-23-17-7-5-4-6-15(17)18(21)20-16-12-14(19)9-8-13(16)2/h4-9,12H,3,10-11H2,1-2H3,(H,20,21). The van der Waals surface area contributed by atoms with Crippen molar-refractivity contribution in [3.63, 3.8) is 0 Å². The number of para-hydroxylation sites is 1. The highest BCUT2D eigenvalue weighted by atomic mass is 35.5. The highest BCUT2D eigenvalue weighted by Crippen LogP contribution is 2.23. The Labute approximate surface area is 141 Å². The topological polar surface area (TPSA) is 47.6 Å². The molecule has 0 aliphatic carbocycles. The fraction of sp³-hybridized carbons (Fsp3) is 0.278. The Hall–Kier alpha value is -2.04. The molecule has 23 heavy (non-hydrogen) atoms. The molecule has 0 atom stereocenters. The van der Waals surface area contributed by atoms with Crippen LogP contribution in [0.1, 0.15) is 22.8 Å². The Morgan fingerprint density at radius 2 is 1.96 bits per heavy atom. The first-order chi connectivity index (χ1) is 11.1. The maximum atomic E-state index is 12.5. The van der Waals surface area contributed by atoms with E-state index >= 15 is 0 Å². The van der Waals surface area contributed by atoms with Gasteiger partial charge in [0, 0.05) is 17.3 Å². The molecule has 122 valence electrons. The van der Waals surface area contributed by atoms with E-state index in [1.165, 1.54) is 0 Å². The van der Waals surface area contributed by atoms with Crippen molar-refractivity contribution in [2.75, 3.05) is 25.1 Å². The van der Waals surface area contributed by atoms with E-state index in [0.717, 1.165) is 5.56 Å². The summed E-state index contributed by atoms with van der Waals surface area (Å²) in [6.07, 6.45) is 0. The third kappa shape index (κ3) is 4.98. The zero-order chi connectivity index (χ0) is 16.7. The number of benzene rings is 2. The molecule has 5 heteroatoms. The molecule has 0 aromatic heterocycles. The van der Waals surface area contributed by atoms with E-state index < -0.39 is 0 Å².